The van der Waals surface area contributed by atoms with Crippen LogP contribution in [0, 0.1) is 0 Å². The van der Waals surface area contributed by atoms with Crippen LogP contribution < -0.4 is 16.7 Å². The van der Waals surface area contributed by atoms with E-state index in [1.54, 1.807) is 6.92 Å². The zero-order valence-electron chi connectivity index (χ0n) is 12.1. The summed E-state index contributed by atoms with van der Waals surface area (Å²) in [6.45, 7) is 4.40. The van der Waals surface area contributed by atoms with Gasteiger partial charge in [-0.25, -0.2) is 10.4 Å². The molecule has 0 aromatic rings. The summed E-state index contributed by atoms with van der Waals surface area (Å²) in [6, 6.07) is -0.939. The van der Waals surface area contributed by atoms with Gasteiger partial charge in [-0.15, -0.1) is 0 Å². The number of amides is 1. The predicted octanol–water partition coefficient (Wildman–Crippen LogP) is -0.803. The number of unbranched alkanes of at least 4 members (excludes halogenated alkanes) is 1. The molecular formula is C12H26N4O4. The summed E-state index contributed by atoms with van der Waals surface area (Å²) in [4.78, 5) is 22.1. The van der Waals surface area contributed by atoms with E-state index in [0.717, 1.165) is 12.8 Å². The molecule has 1 unspecified atom stereocenters. The van der Waals surface area contributed by atoms with Crippen LogP contribution in [0.2, 0.25) is 0 Å². The molecule has 8 nitrogen and oxygen atoms in total. The van der Waals surface area contributed by atoms with E-state index in [-0.39, 0.29) is 19.4 Å². The highest BCUT2D eigenvalue weighted by Crippen LogP contribution is 2.06. The number of nitrogens with two attached hydrogens (primary N) is 1. The second-order valence-corrected chi connectivity index (χ2v) is 4.75. The van der Waals surface area contributed by atoms with Gasteiger partial charge in [0.05, 0.1) is 6.10 Å². The van der Waals surface area contributed by atoms with Crippen LogP contribution in [0.3, 0.4) is 0 Å². The second-order valence-electron chi connectivity index (χ2n) is 4.75. The third kappa shape index (κ3) is 8.81. The van der Waals surface area contributed by atoms with Crippen LogP contribution in [0.25, 0.3) is 0 Å². The fourth-order valence-corrected chi connectivity index (χ4v) is 1.65. The van der Waals surface area contributed by atoms with Crippen molar-refractivity contribution in [3.8, 4) is 0 Å². The van der Waals surface area contributed by atoms with Gasteiger partial charge in [0.15, 0.2) is 0 Å². The smallest absolute Gasteiger partial charge is 0.322 e. The van der Waals surface area contributed by atoms with E-state index in [9.17, 15) is 19.8 Å². The number of nitrogens with zero attached hydrogens (tertiary/aromatic N) is 1. The van der Waals surface area contributed by atoms with E-state index in [1.807, 2.05) is 6.92 Å². The lowest BCUT2D eigenvalue weighted by molar-refractivity contribution is -0.146. The summed E-state index contributed by atoms with van der Waals surface area (Å²) in [5, 5.41) is 20.0. The van der Waals surface area contributed by atoms with Crippen LogP contribution >= 0.6 is 0 Å². The van der Waals surface area contributed by atoms with Crippen molar-refractivity contribution in [2.24, 2.45) is 5.73 Å². The predicted molar refractivity (Wildman–Crippen MR) is 74.3 cm³/mol. The van der Waals surface area contributed by atoms with E-state index in [4.69, 9.17) is 5.73 Å². The van der Waals surface area contributed by atoms with Crippen molar-refractivity contribution in [2.45, 2.75) is 51.7 Å². The SMILES string of the molecule is CCCCNNN(CC(C)O)[C@@H](CCC(N)=O)C(=O)O. The Bertz CT molecular complexity index is 299. The van der Waals surface area contributed by atoms with Crippen molar-refractivity contribution in [1.82, 2.24) is 16.0 Å². The summed E-state index contributed by atoms with van der Waals surface area (Å²) < 4.78 is 0. The van der Waals surface area contributed by atoms with Gasteiger partial charge < -0.3 is 15.9 Å². The van der Waals surface area contributed by atoms with Gasteiger partial charge in [-0.05, 0) is 19.8 Å². The number of aliphatic carboxylic acids is 1. The maximum atomic E-state index is 11.3. The molecule has 1 amide bonds. The van der Waals surface area contributed by atoms with Crippen LogP contribution in [-0.4, -0.2) is 52.3 Å². The molecule has 2 atom stereocenters. The number of aliphatic hydroxyl groups excluding tert-OH is 1. The average molecular weight is 290 g/mol. The van der Waals surface area contributed by atoms with Gasteiger partial charge in [-0.1, -0.05) is 13.3 Å². The van der Waals surface area contributed by atoms with E-state index in [0.29, 0.717) is 6.54 Å². The lowest BCUT2D eigenvalue weighted by atomic mass is 10.1. The van der Waals surface area contributed by atoms with Crippen LogP contribution in [0.5, 0.6) is 0 Å². The van der Waals surface area contributed by atoms with Crippen molar-refractivity contribution in [3.63, 3.8) is 0 Å². The van der Waals surface area contributed by atoms with Gasteiger partial charge in [0.2, 0.25) is 5.91 Å². The Morgan fingerprint density at radius 1 is 1.40 bits per heavy atom. The number of carbonyl (C=O) groups is 2. The molecule has 0 aromatic heterocycles. The third-order valence-electron chi connectivity index (χ3n) is 2.66. The van der Waals surface area contributed by atoms with Crippen molar-refractivity contribution in [2.75, 3.05) is 13.1 Å². The fraction of sp³-hybridized carbons (Fsp3) is 0.833. The third-order valence-corrected chi connectivity index (χ3v) is 2.66. The first-order valence-corrected chi connectivity index (χ1v) is 6.82. The Kier molecular flexibility index (Phi) is 9.91. The Hall–Kier alpha value is -1.22. The van der Waals surface area contributed by atoms with Crippen molar-refractivity contribution in [3.05, 3.63) is 0 Å². The highest BCUT2D eigenvalue weighted by Gasteiger charge is 2.26. The summed E-state index contributed by atoms with van der Waals surface area (Å²) in [5.74, 6) is -1.62. The minimum Gasteiger partial charge on any atom is -0.480 e. The van der Waals surface area contributed by atoms with Gasteiger partial charge >= 0.3 is 5.97 Å². The van der Waals surface area contributed by atoms with Crippen molar-refractivity contribution < 1.29 is 19.8 Å². The van der Waals surface area contributed by atoms with E-state index in [1.165, 1.54) is 5.01 Å². The first kappa shape index (κ1) is 18.8. The van der Waals surface area contributed by atoms with Crippen LogP contribution in [0.4, 0.5) is 0 Å². The normalized spacial score (nSPS) is 14.2. The molecule has 0 aromatic carbocycles. The number of carbonyl (C=O) groups excluding carboxylic acids is 1. The minimum atomic E-state index is -1.07. The number of hydrazine groups is 2. The molecule has 20 heavy (non-hydrogen) atoms. The number of carboxylic acid groups (broad SMARTS) is 1. The molecule has 0 spiro atoms. The highest BCUT2D eigenvalue weighted by atomic mass is 16.4. The number of aliphatic hydroxyl groups is 1. The standard InChI is InChI=1S/C12H26N4O4/c1-3-4-7-14-15-16(8-9(2)17)10(12(19)20)5-6-11(13)18/h9-10,14-15,17H,3-8H2,1-2H3,(H2,13,18)(H,19,20)/t9?,10-/m0/s1. The number of hydrogen-bond donors (Lipinski definition) is 5. The van der Waals surface area contributed by atoms with E-state index in [2.05, 4.69) is 11.0 Å². The summed E-state index contributed by atoms with van der Waals surface area (Å²) in [6.07, 6.45) is 1.30. The number of rotatable bonds is 12. The second kappa shape index (κ2) is 10.6. The Balaban J connectivity index is 4.56. The van der Waals surface area contributed by atoms with Crippen molar-refractivity contribution >= 4 is 11.9 Å². The average Bonchev–Trinajstić information content (AvgIpc) is 2.32. The fourth-order valence-electron chi connectivity index (χ4n) is 1.65. The zero-order valence-corrected chi connectivity index (χ0v) is 12.1. The van der Waals surface area contributed by atoms with Gasteiger partial charge in [-0.3, -0.25) is 9.59 Å². The number of primary amides is 1. The van der Waals surface area contributed by atoms with Gasteiger partial charge in [0, 0.05) is 19.5 Å². The molecule has 0 saturated heterocycles. The summed E-state index contributed by atoms with van der Waals surface area (Å²) >= 11 is 0. The van der Waals surface area contributed by atoms with Crippen LogP contribution in [0.1, 0.15) is 39.5 Å². The monoisotopic (exact) mass is 290 g/mol. The molecule has 0 aliphatic heterocycles. The van der Waals surface area contributed by atoms with Gasteiger partial charge in [0.1, 0.15) is 6.04 Å². The van der Waals surface area contributed by atoms with E-state index >= 15 is 0 Å². The highest BCUT2D eigenvalue weighted by molar-refractivity contribution is 5.77. The van der Waals surface area contributed by atoms with Crippen molar-refractivity contribution in [1.29, 1.82) is 0 Å². The molecule has 0 radical (unpaired) electrons. The molecule has 0 bridgehead atoms. The van der Waals surface area contributed by atoms with Crippen LogP contribution in [-0.2, 0) is 9.59 Å². The Morgan fingerprint density at radius 3 is 2.50 bits per heavy atom. The molecule has 0 heterocycles. The lowest BCUT2D eigenvalue weighted by Crippen LogP contribution is -2.57. The molecule has 0 aliphatic carbocycles. The minimum absolute atomic E-state index is 0.0239. The van der Waals surface area contributed by atoms with E-state index < -0.39 is 24.0 Å². The Labute approximate surface area is 119 Å². The maximum absolute atomic E-state index is 11.3. The molecule has 6 N–H and O–H groups in total. The molecule has 0 rings (SSSR count). The summed E-state index contributed by atoms with van der Waals surface area (Å²) in [5.41, 5.74) is 10.7. The van der Waals surface area contributed by atoms with Gasteiger partial charge in [-0.2, -0.15) is 5.53 Å². The molecule has 0 saturated carbocycles. The molecule has 118 valence electrons. The topological polar surface area (TPSA) is 128 Å². The lowest BCUT2D eigenvalue weighted by Gasteiger charge is -2.30. The zero-order chi connectivity index (χ0) is 15.5. The molecule has 8 heteroatoms. The quantitative estimate of drug-likeness (QED) is 0.235. The maximum Gasteiger partial charge on any atom is 0.322 e. The Morgan fingerprint density at radius 2 is 2.05 bits per heavy atom. The molecule has 0 fully saturated rings. The molecule has 0 aliphatic rings. The largest absolute Gasteiger partial charge is 0.480 e. The summed E-state index contributed by atoms with van der Waals surface area (Å²) in [7, 11) is 0. The first-order valence-electron chi connectivity index (χ1n) is 6.82. The number of hydrogen-bond acceptors (Lipinski definition) is 6. The number of carboxylic acids is 1. The number of nitrogens with one attached hydrogen (secondary N) is 2. The molecular weight excluding hydrogens is 264 g/mol. The van der Waals surface area contributed by atoms with Crippen LogP contribution in [0.15, 0.2) is 0 Å². The van der Waals surface area contributed by atoms with Gasteiger partial charge in [0.25, 0.3) is 0 Å². The first-order chi connectivity index (χ1) is 9.38.